The molecule has 4 rings (SSSR count). The van der Waals surface area contributed by atoms with Crippen molar-refractivity contribution in [2.75, 3.05) is 6.54 Å². The summed E-state index contributed by atoms with van der Waals surface area (Å²) in [4.78, 5) is 18.4. The van der Waals surface area contributed by atoms with Crippen molar-refractivity contribution in [3.8, 4) is 0 Å². The Balaban J connectivity index is 1.48. The number of likely N-dealkylation sites (tertiary alicyclic amines) is 1. The molecule has 1 unspecified atom stereocenters. The molecule has 1 amide bonds. The summed E-state index contributed by atoms with van der Waals surface area (Å²) in [5.41, 5.74) is 0.709. The first-order valence-electron chi connectivity index (χ1n) is 7.58. The average Bonchev–Trinajstić information content (AvgIpc) is 3.13. The molecule has 0 bridgehead atoms. The minimum Gasteiger partial charge on any atom is -0.338 e. The number of carbonyl (C=O) groups excluding carboxylic acids is 1. The second-order valence-corrected chi connectivity index (χ2v) is 6.63. The zero-order valence-corrected chi connectivity index (χ0v) is 11.5. The van der Waals surface area contributed by atoms with Gasteiger partial charge in [0, 0.05) is 24.2 Å². The van der Waals surface area contributed by atoms with Gasteiger partial charge in [-0.1, -0.05) is 6.42 Å². The molecule has 20 heavy (non-hydrogen) atoms. The first-order valence-corrected chi connectivity index (χ1v) is 7.58. The summed E-state index contributed by atoms with van der Waals surface area (Å²) in [5, 5.41) is 0. The molecule has 0 radical (unpaired) electrons. The van der Waals surface area contributed by atoms with E-state index in [1.165, 1.54) is 38.2 Å². The van der Waals surface area contributed by atoms with Crippen LogP contribution in [0.15, 0.2) is 18.3 Å². The summed E-state index contributed by atoms with van der Waals surface area (Å²) in [6.45, 7) is 0.890. The molecule has 3 aliphatic rings. The summed E-state index contributed by atoms with van der Waals surface area (Å²) in [5.74, 6) is 0.390. The van der Waals surface area contributed by atoms with Crippen molar-refractivity contribution < 1.29 is 9.18 Å². The SMILES string of the molecule is O=C(Cc1ncccc1F)N1CC2(CCC2)C1C1CC1. The van der Waals surface area contributed by atoms with Gasteiger partial charge < -0.3 is 4.90 Å². The Morgan fingerprint density at radius 1 is 1.45 bits per heavy atom. The van der Waals surface area contributed by atoms with Crippen molar-refractivity contribution >= 4 is 5.91 Å². The lowest BCUT2D eigenvalue weighted by Crippen LogP contribution is -2.70. The van der Waals surface area contributed by atoms with E-state index in [0.717, 1.165) is 6.54 Å². The normalized spacial score (nSPS) is 27.1. The zero-order chi connectivity index (χ0) is 13.7. The van der Waals surface area contributed by atoms with Gasteiger partial charge >= 0.3 is 0 Å². The average molecular weight is 274 g/mol. The molecule has 1 atom stereocenters. The monoisotopic (exact) mass is 274 g/mol. The van der Waals surface area contributed by atoms with Crippen molar-refractivity contribution in [3.05, 3.63) is 29.8 Å². The first-order chi connectivity index (χ1) is 9.70. The highest BCUT2D eigenvalue weighted by Crippen LogP contribution is 2.59. The van der Waals surface area contributed by atoms with E-state index >= 15 is 0 Å². The lowest BCUT2D eigenvalue weighted by Gasteiger charge is -2.63. The van der Waals surface area contributed by atoms with E-state index in [9.17, 15) is 9.18 Å². The summed E-state index contributed by atoms with van der Waals surface area (Å²) in [6, 6.07) is 3.37. The van der Waals surface area contributed by atoms with Crippen LogP contribution in [0.3, 0.4) is 0 Å². The van der Waals surface area contributed by atoms with Gasteiger partial charge in [0.05, 0.1) is 12.1 Å². The quantitative estimate of drug-likeness (QED) is 0.848. The smallest absolute Gasteiger partial charge is 0.229 e. The fraction of sp³-hybridized carbons (Fsp3) is 0.625. The van der Waals surface area contributed by atoms with Crippen LogP contribution in [0.2, 0.25) is 0 Å². The molecule has 3 nitrogen and oxygen atoms in total. The summed E-state index contributed by atoms with van der Waals surface area (Å²) >= 11 is 0. The summed E-state index contributed by atoms with van der Waals surface area (Å²) in [7, 11) is 0. The van der Waals surface area contributed by atoms with Crippen LogP contribution in [0.5, 0.6) is 0 Å². The van der Waals surface area contributed by atoms with Crippen molar-refractivity contribution in [1.29, 1.82) is 0 Å². The number of carbonyl (C=O) groups is 1. The van der Waals surface area contributed by atoms with Crippen LogP contribution in [0.4, 0.5) is 4.39 Å². The van der Waals surface area contributed by atoms with Gasteiger partial charge in [-0.15, -0.1) is 0 Å². The predicted molar refractivity (Wildman–Crippen MR) is 72.4 cm³/mol. The molecule has 4 heteroatoms. The van der Waals surface area contributed by atoms with Gasteiger partial charge in [0.2, 0.25) is 5.91 Å². The fourth-order valence-corrected chi connectivity index (χ4v) is 4.04. The van der Waals surface area contributed by atoms with E-state index < -0.39 is 0 Å². The summed E-state index contributed by atoms with van der Waals surface area (Å²) < 4.78 is 13.6. The van der Waals surface area contributed by atoms with Gasteiger partial charge in [-0.3, -0.25) is 9.78 Å². The molecule has 1 aromatic rings. The van der Waals surface area contributed by atoms with E-state index in [4.69, 9.17) is 0 Å². The number of rotatable bonds is 3. The number of aromatic nitrogens is 1. The van der Waals surface area contributed by atoms with Crippen LogP contribution in [0.1, 0.15) is 37.8 Å². The molecule has 1 aliphatic heterocycles. The number of pyridine rings is 1. The first kappa shape index (κ1) is 12.3. The number of halogens is 1. The number of nitrogens with zero attached hydrogens (tertiary/aromatic N) is 2. The standard InChI is InChI=1S/C16H19FN2O/c17-12-3-1-8-18-13(12)9-14(20)19-10-16(6-2-7-16)15(19)11-4-5-11/h1,3,8,11,15H,2,4-7,9-10H2. The van der Waals surface area contributed by atoms with Gasteiger partial charge in [-0.05, 0) is 43.7 Å². The molecule has 3 fully saturated rings. The molecule has 1 saturated heterocycles. The second-order valence-electron chi connectivity index (χ2n) is 6.63. The molecule has 2 heterocycles. The highest BCUT2D eigenvalue weighted by molar-refractivity contribution is 5.80. The minimum atomic E-state index is -0.372. The van der Waals surface area contributed by atoms with E-state index in [-0.39, 0.29) is 23.8 Å². The van der Waals surface area contributed by atoms with Gasteiger partial charge in [0.1, 0.15) is 5.82 Å². The Hall–Kier alpha value is -1.45. The Kier molecular flexibility index (Phi) is 2.63. The fourth-order valence-electron chi connectivity index (χ4n) is 4.04. The Labute approximate surface area is 118 Å². The lowest BCUT2D eigenvalue weighted by molar-refractivity contribution is -0.170. The zero-order valence-electron chi connectivity index (χ0n) is 11.5. The van der Waals surface area contributed by atoms with Crippen LogP contribution in [-0.2, 0) is 11.2 Å². The highest BCUT2D eigenvalue weighted by atomic mass is 19.1. The molecule has 0 aromatic carbocycles. The number of hydrogen-bond acceptors (Lipinski definition) is 2. The molecule has 1 aromatic heterocycles. The van der Waals surface area contributed by atoms with Crippen LogP contribution in [0, 0.1) is 17.2 Å². The summed E-state index contributed by atoms with van der Waals surface area (Å²) in [6.07, 6.45) is 8.02. The largest absolute Gasteiger partial charge is 0.338 e. The maximum Gasteiger partial charge on any atom is 0.229 e. The number of hydrogen-bond donors (Lipinski definition) is 0. The Bertz CT molecular complexity index is 551. The maximum atomic E-state index is 13.6. The van der Waals surface area contributed by atoms with Crippen molar-refractivity contribution in [2.24, 2.45) is 11.3 Å². The van der Waals surface area contributed by atoms with Crippen LogP contribution in [0.25, 0.3) is 0 Å². The molecule has 2 saturated carbocycles. The molecular formula is C16H19FN2O. The molecule has 106 valence electrons. The van der Waals surface area contributed by atoms with Crippen LogP contribution < -0.4 is 0 Å². The topological polar surface area (TPSA) is 33.2 Å². The third-order valence-corrected chi connectivity index (χ3v) is 5.34. The van der Waals surface area contributed by atoms with Gasteiger partial charge in [-0.2, -0.15) is 0 Å². The third kappa shape index (κ3) is 1.77. The second kappa shape index (κ2) is 4.27. The molecule has 1 spiro atoms. The van der Waals surface area contributed by atoms with Gasteiger partial charge in [0.15, 0.2) is 0 Å². The highest BCUT2D eigenvalue weighted by Gasteiger charge is 2.61. The van der Waals surface area contributed by atoms with E-state index in [1.54, 1.807) is 12.3 Å². The van der Waals surface area contributed by atoms with Gasteiger partial charge in [-0.25, -0.2) is 4.39 Å². The van der Waals surface area contributed by atoms with E-state index in [2.05, 4.69) is 4.98 Å². The van der Waals surface area contributed by atoms with Crippen molar-refractivity contribution in [2.45, 2.75) is 44.6 Å². The van der Waals surface area contributed by atoms with Crippen LogP contribution >= 0.6 is 0 Å². The van der Waals surface area contributed by atoms with E-state index in [0.29, 0.717) is 17.4 Å². The minimum absolute atomic E-state index is 0.0528. The third-order valence-electron chi connectivity index (χ3n) is 5.34. The van der Waals surface area contributed by atoms with E-state index in [1.807, 2.05) is 4.90 Å². The Morgan fingerprint density at radius 3 is 2.85 bits per heavy atom. The predicted octanol–water partition coefficient (Wildman–Crippen LogP) is 2.55. The lowest BCUT2D eigenvalue weighted by atomic mass is 9.56. The number of amides is 1. The molecule has 2 aliphatic carbocycles. The Morgan fingerprint density at radius 2 is 2.25 bits per heavy atom. The van der Waals surface area contributed by atoms with Crippen molar-refractivity contribution in [3.63, 3.8) is 0 Å². The molecular weight excluding hydrogens is 255 g/mol. The maximum absolute atomic E-state index is 13.6. The van der Waals surface area contributed by atoms with Gasteiger partial charge in [0.25, 0.3) is 0 Å². The van der Waals surface area contributed by atoms with Crippen molar-refractivity contribution in [1.82, 2.24) is 9.88 Å². The van der Waals surface area contributed by atoms with Crippen LogP contribution in [-0.4, -0.2) is 28.4 Å². The molecule has 0 N–H and O–H groups in total.